The minimum atomic E-state index is -0.137. The molecule has 1 aliphatic rings. The molecule has 0 aliphatic heterocycles. The first-order valence-corrected chi connectivity index (χ1v) is 12.1. The minimum absolute atomic E-state index is 0.0320. The van der Waals surface area contributed by atoms with E-state index in [9.17, 15) is 4.79 Å². The summed E-state index contributed by atoms with van der Waals surface area (Å²) in [5.41, 5.74) is 3.02. The van der Waals surface area contributed by atoms with Gasteiger partial charge in [-0.25, -0.2) is 0 Å². The number of hydrogen-bond donors (Lipinski definition) is 0. The number of aryl methyl sites for hydroxylation is 1. The number of fused-ring (bicyclic) bond motifs is 1. The SMILES string of the molecule is CCCCCn1cc(C(OCCCC(=O)OCC)C2C(C)(C)C2(C)C)c2ccccc21. The fourth-order valence-electron chi connectivity index (χ4n) is 5.25. The predicted octanol–water partition coefficient (Wildman–Crippen LogP) is 6.91. The monoisotopic (exact) mass is 427 g/mol. The van der Waals surface area contributed by atoms with E-state index in [4.69, 9.17) is 9.47 Å². The lowest BCUT2D eigenvalue weighted by molar-refractivity contribution is -0.143. The van der Waals surface area contributed by atoms with Crippen molar-refractivity contribution >= 4 is 16.9 Å². The van der Waals surface area contributed by atoms with Crippen molar-refractivity contribution in [2.45, 2.75) is 86.3 Å². The van der Waals surface area contributed by atoms with Crippen molar-refractivity contribution in [1.29, 1.82) is 0 Å². The maximum Gasteiger partial charge on any atom is 0.305 e. The van der Waals surface area contributed by atoms with Crippen LogP contribution >= 0.6 is 0 Å². The Balaban J connectivity index is 1.85. The van der Waals surface area contributed by atoms with Crippen LogP contribution in [0.3, 0.4) is 0 Å². The highest BCUT2D eigenvalue weighted by Gasteiger charge is 2.68. The topological polar surface area (TPSA) is 40.5 Å². The zero-order valence-electron chi connectivity index (χ0n) is 20.4. The van der Waals surface area contributed by atoms with Crippen LogP contribution in [0.1, 0.15) is 85.3 Å². The second kappa shape index (κ2) is 9.77. The molecule has 31 heavy (non-hydrogen) atoms. The Hall–Kier alpha value is -1.81. The molecule has 1 fully saturated rings. The van der Waals surface area contributed by atoms with Gasteiger partial charge in [0.05, 0.1) is 12.7 Å². The van der Waals surface area contributed by atoms with Crippen LogP contribution in [-0.4, -0.2) is 23.8 Å². The number of hydrogen-bond acceptors (Lipinski definition) is 3. The predicted molar refractivity (Wildman–Crippen MR) is 127 cm³/mol. The molecular weight excluding hydrogens is 386 g/mol. The summed E-state index contributed by atoms with van der Waals surface area (Å²) in [6.45, 7) is 15.6. The van der Waals surface area contributed by atoms with Crippen LogP contribution < -0.4 is 0 Å². The molecule has 1 aliphatic carbocycles. The van der Waals surface area contributed by atoms with Crippen molar-refractivity contribution in [2.75, 3.05) is 13.2 Å². The quantitative estimate of drug-likeness (QED) is 0.273. The number of aromatic nitrogens is 1. The number of benzene rings is 1. The van der Waals surface area contributed by atoms with Gasteiger partial charge in [0.15, 0.2) is 0 Å². The molecule has 1 unspecified atom stereocenters. The third-order valence-corrected chi connectivity index (χ3v) is 7.69. The standard InChI is InChI=1S/C27H41NO3/c1-7-9-12-17-28-19-21(20-14-10-11-15-22(20)28)24(25-26(3,4)27(25,5)6)31-18-13-16-23(29)30-8-2/h10-11,14-15,19,24-25H,7-9,12-13,16-18H2,1-6H3. The lowest BCUT2D eigenvalue weighted by Gasteiger charge is -2.20. The Kier molecular flexibility index (Phi) is 7.51. The van der Waals surface area contributed by atoms with Crippen LogP contribution in [0.25, 0.3) is 10.9 Å². The summed E-state index contributed by atoms with van der Waals surface area (Å²) in [7, 11) is 0. The zero-order valence-corrected chi connectivity index (χ0v) is 20.4. The molecule has 4 heteroatoms. The molecule has 0 bridgehead atoms. The molecule has 0 amide bonds. The summed E-state index contributed by atoms with van der Waals surface area (Å²) in [5, 5.41) is 1.30. The Bertz CT molecular complexity index is 866. The molecule has 1 saturated carbocycles. The molecule has 1 aromatic carbocycles. The third kappa shape index (κ3) is 4.84. The summed E-state index contributed by atoms with van der Waals surface area (Å²) in [4.78, 5) is 11.7. The number of para-hydroxylation sites is 1. The van der Waals surface area contributed by atoms with Gasteiger partial charge in [0, 0.05) is 48.2 Å². The Morgan fingerprint density at radius 3 is 2.42 bits per heavy atom. The summed E-state index contributed by atoms with van der Waals surface area (Å²) in [6, 6.07) is 8.72. The summed E-state index contributed by atoms with van der Waals surface area (Å²) in [5.74, 6) is 0.305. The molecule has 2 aromatic rings. The molecular formula is C27H41NO3. The van der Waals surface area contributed by atoms with Crippen molar-refractivity contribution in [1.82, 2.24) is 4.57 Å². The van der Waals surface area contributed by atoms with Gasteiger partial charge in [-0.15, -0.1) is 0 Å². The van der Waals surface area contributed by atoms with E-state index in [1.165, 1.54) is 35.7 Å². The van der Waals surface area contributed by atoms with E-state index < -0.39 is 0 Å². The first-order chi connectivity index (χ1) is 14.8. The maximum atomic E-state index is 11.7. The lowest BCUT2D eigenvalue weighted by atomic mass is 9.98. The zero-order chi connectivity index (χ0) is 22.6. The van der Waals surface area contributed by atoms with Crippen LogP contribution in [0.2, 0.25) is 0 Å². The van der Waals surface area contributed by atoms with E-state index >= 15 is 0 Å². The number of ether oxygens (including phenoxy) is 2. The van der Waals surface area contributed by atoms with E-state index in [0.29, 0.717) is 32.0 Å². The second-order valence-corrected chi connectivity index (χ2v) is 10.1. The third-order valence-electron chi connectivity index (χ3n) is 7.69. The molecule has 0 N–H and O–H groups in total. The highest BCUT2D eigenvalue weighted by atomic mass is 16.5. The normalized spacial score (nSPS) is 18.3. The van der Waals surface area contributed by atoms with Crippen LogP contribution in [0, 0.1) is 16.7 Å². The summed E-state index contributed by atoms with van der Waals surface area (Å²) >= 11 is 0. The van der Waals surface area contributed by atoms with Crippen LogP contribution in [0.15, 0.2) is 30.5 Å². The van der Waals surface area contributed by atoms with Crippen molar-refractivity contribution in [3.63, 3.8) is 0 Å². The Labute approximate surface area is 188 Å². The average molecular weight is 428 g/mol. The fraction of sp³-hybridized carbons (Fsp3) is 0.667. The highest BCUT2D eigenvalue weighted by Crippen LogP contribution is 2.73. The lowest BCUT2D eigenvalue weighted by Crippen LogP contribution is -2.13. The van der Waals surface area contributed by atoms with E-state index in [2.05, 4.69) is 69.6 Å². The Morgan fingerprint density at radius 1 is 1.06 bits per heavy atom. The summed E-state index contributed by atoms with van der Waals surface area (Å²) in [6.07, 6.45) is 7.14. The maximum absolute atomic E-state index is 11.7. The number of unbranched alkanes of at least 4 members (excludes halogenated alkanes) is 2. The van der Waals surface area contributed by atoms with Crippen molar-refractivity contribution in [2.24, 2.45) is 16.7 Å². The van der Waals surface area contributed by atoms with Crippen molar-refractivity contribution < 1.29 is 14.3 Å². The molecule has 1 heterocycles. The first kappa shape index (κ1) is 23.8. The molecule has 0 saturated heterocycles. The van der Waals surface area contributed by atoms with E-state index in [1.54, 1.807) is 0 Å². The van der Waals surface area contributed by atoms with E-state index in [-0.39, 0.29) is 22.9 Å². The van der Waals surface area contributed by atoms with Gasteiger partial charge < -0.3 is 14.0 Å². The number of carbonyl (C=O) groups excluding carboxylic acids is 1. The molecule has 172 valence electrons. The van der Waals surface area contributed by atoms with Gasteiger partial charge in [0.2, 0.25) is 0 Å². The number of esters is 1. The van der Waals surface area contributed by atoms with E-state index in [1.807, 2.05) is 6.92 Å². The second-order valence-electron chi connectivity index (χ2n) is 10.1. The van der Waals surface area contributed by atoms with Gasteiger partial charge in [-0.2, -0.15) is 0 Å². The number of nitrogens with zero attached hydrogens (tertiary/aromatic N) is 1. The average Bonchev–Trinajstić information content (AvgIpc) is 2.99. The highest BCUT2D eigenvalue weighted by molar-refractivity contribution is 5.84. The largest absolute Gasteiger partial charge is 0.466 e. The molecule has 1 aromatic heterocycles. The fourth-order valence-corrected chi connectivity index (χ4v) is 5.25. The van der Waals surface area contributed by atoms with Crippen molar-refractivity contribution in [3.05, 3.63) is 36.0 Å². The van der Waals surface area contributed by atoms with Crippen LogP contribution in [0.4, 0.5) is 0 Å². The van der Waals surface area contributed by atoms with Gasteiger partial charge in [-0.05, 0) is 36.7 Å². The summed E-state index contributed by atoms with van der Waals surface area (Å²) < 4.78 is 14.1. The molecule has 0 spiro atoms. The molecule has 0 radical (unpaired) electrons. The van der Waals surface area contributed by atoms with Crippen LogP contribution in [-0.2, 0) is 20.8 Å². The van der Waals surface area contributed by atoms with Crippen LogP contribution in [0.5, 0.6) is 0 Å². The smallest absolute Gasteiger partial charge is 0.305 e. The van der Waals surface area contributed by atoms with E-state index in [0.717, 1.165) is 6.54 Å². The molecule has 4 nitrogen and oxygen atoms in total. The number of carbonyl (C=O) groups is 1. The van der Waals surface area contributed by atoms with Crippen molar-refractivity contribution in [3.8, 4) is 0 Å². The Morgan fingerprint density at radius 2 is 1.77 bits per heavy atom. The molecule has 3 rings (SSSR count). The molecule has 1 atom stereocenters. The number of rotatable bonds is 12. The van der Waals surface area contributed by atoms with Gasteiger partial charge in [-0.1, -0.05) is 65.7 Å². The van der Waals surface area contributed by atoms with Gasteiger partial charge in [0.25, 0.3) is 0 Å². The van der Waals surface area contributed by atoms with Gasteiger partial charge in [-0.3, -0.25) is 4.79 Å². The minimum Gasteiger partial charge on any atom is -0.466 e. The van der Waals surface area contributed by atoms with Gasteiger partial charge in [0.1, 0.15) is 0 Å². The van der Waals surface area contributed by atoms with Gasteiger partial charge >= 0.3 is 5.97 Å². The first-order valence-electron chi connectivity index (χ1n) is 12.1.